The largest absolute Gasteiger partial charge is 0.451 e. The smallest absolute Gasteiger partial charge is 0.416 e. The summed E-state index contributed by atoms with van der Waals surface area (Å²) >= 11 is 0. The average molecular weight is 407 g/mol. The fraction of sp³-hybridized carbons (Fsp3) is 0.263. The standard InChI is InChI=1S/C19H16F3N3O4/c1-9-15(11(3)26)10(2)23-16(9)18(27)28-8-14-24-17(25-29-14)12-4-6-13(7-5-12)19(20,21)22/h4-7,23H,8H2,1-3H3. The molecule has 2 aromatic heterocycles. The van der Waals surface area contributed by atoms with Crippen molar-refractivity contribution in [3.05, 3.63) is 58.2 Å². The second kappa shape index (κ2) is 7.53. The van der Waals surface area contributed by atoms with Gasteiger partial charge in [-0.1, -0.05) is 17.3 Å². The van der Waals surface area contributed by atoms with Gasteiger partial charge < -0.3 is 14.2 Å². The normalized spacial score (nSPS) is 11.5. The van der Waals surface area contributed by atoms with E-state index in [1.54, 1.807) is 13.8 Å². The number of ketones is 1. The van der Waals surface area contributed by atoms with Crippen LogP contribution in [0.2, 0.25) is 0 Å². The third-order valence-corrected chi connectivity index (χ3v) is 4.26. The van der Waals surface area contributed by atoms with Gasteiger partial charge in [-0.3, -0.25) is 4.79 Å². The fourth-order valence-corrected chi connectivity index (χ4v) is 2.92. The van der Waals surface area contributed by atoms with Crippen molar-refractivity contribution in [3.8, 4) is 11.4 Å². The van der Waals surface area contributed by atoms with Crippen molar-refractivity contribution in [1.29, 1.82) is 0 Å². The highest BCUT2D eigenvalue weighted by Crippen LogP contribution is 2.30. The highest BCUT2D eigenvalue weighted by molar-refractivity contribution is 6.01. The van der Waals surface area contributed by atoms with Gasteiger partial charge in [-0.25, -0.2) is 4.79 Å². The molecular weight excluding hydrogens is 391 g/mol. The van der Waals surface area contributed by atoms with E-state index in [0.29, 0.717) is 22.4 Å². The third kappa shape index (κ3) is 4.20. The maximum atomic E-state index is 12.6. The SMILES string of the molecule is CC(=O)c1c(C)[nH]c(C(=O)OCc2nc(-c3ccc(C(F)(F)F)cc3)no2)c1C. The second-order valence-corrected chi connectivity index (χ2v) is 6.34. The summed E-state index contributed by atoms with van der Waals surface area (Å²) in [5.41, 5.74) is 1.15. The number of Topliss-reactive ketones (excluding diaryl/α,β-unsaturated/α-hetero) is 1. The second-order valence-electron chi connectivity index (χ2n) is 6.34. The molecule has 0 saturated heterocycles. The molecule has 0 aliphatic carbocycles. The first-order valence-electron chi connectivity index (χ1n) is 8.45. The number of nitrogens with zero attached hydrogens (tertiary/aromatic N) is 2. The number of aromatic amines is 1. The van der Waals surface area contributed by atoms with Gasteiger partial charge in [0, 0.05) is 16.8 Å². The van der Waals surface area contributed by atoms with Crippen molar-refractivity contribution in [2.75, 3.05) is 0 Å². The van der Waals surface area contributed by atoms with Crippen molar-refractivity contribution < 1.29 is 32.0 Å². The van der Waals surface area contributed by atoms with Crippen LogP contribution in [-0.4, -0.2) is 26.9 Å². The Morgan fingerprint density at radius 1 is 1.17 bits per heavy atom. The molecular formula is C19H16F3N3O4. The van der Waals surface area contributed by atoms with Gasteiger partial charge in [-0.2, -0.15) is 18.2 Å². The molecule has 0 aliphatic rings. The summed E-state index contributed by atoms with van der Waals surface area (Å²) in [5.74, 6) is -0.836. The molecule has 10 heteroatoms. The highest BCUT2D eigenvalue weighted by atomic mass is 19.4. The topological polar surface area (TPSA) is 98.1 Å². The van der Waals surface area contributed by atoms with Crippen LogP contribution in [0, 0.1) is 13.8 Å². The minimum Gasteiger partial charge on any atom is -0.451 e. The number of halogens is 3. The van der Waals surface area contributed by atoms with E-state index in [4.69, 9.17) is 9.26 Å². The molecule has 0 amide bonds. The molecule has 0 bridgehead atoms. The van der Waals surface area contributed by atoms with Gasteiger partial charge in [-0.15, -0.1) is 0 Å². The van der Waals surface area contributed by atoms with Gasteiger partial charge in [0.1, 0.15) is 5.69 Å². The Hall–Kier alpha value is -3.43. The van der Waals surface area contributed by atoms with E-state index in [9.17, 15) is 22.8 Å². The molecule has 0 radical (unpaired) electrons. The van der Waals surface area contributed by atoms with Crippen LogP contribution in [0.1, 0.15) is 50.5 Å². The first kappa shape index (κ1) is 20.3. The Balaban J connectivity index is 1.69. The molecule has 0 saturated carbocycles. The number of aryl methyl sites for hydroxylation is 1. The highest BCUT2D eigenvalue weighted by Gasteiger charge is 2.30. The van der Waals surface area contributed by atoms with Gasteiger partial charge >= 0.3 is 12.1 Å². The van der Waals surface area contributed by atoms with Crippen LogP contribution in [0.4, 0.5) is 13.2 Å². The van der Waals surface area contributed by atoms with Crippen LogP contribution in [0.25, 0.3) is 11.4 Å². The predicted octanol–water partition coefficient (Wildman–Crippen LogP) is 4.26. The molecule has 7 nitrogen and oxygen atoms in total. The van der Waals surface area contributed by atoms with E-state index in [0.717, 1.165) is 12.1 Å². The van der Waals surface area contributed by atoms with E-state index < -0.39 is 17.7 Å². The lowest BCUT2D eigenvalue weighted by atomic mass is 10.1. The average Bonchev–Trinajstić information content (AvgIpc) is 3.23. The minimum absolute atomic E-state index is 0.0269. The zero-order chi connectivity index (χ0) is 21.3. The molecule has 0 atom stereocenters. The van der Waals surface area contributed by atoms with E-state index in [2.05, 4.69) is 15.1 Å². The minimum atomic E-state index is -4.44. The molecule has 152 valence electrons. The number of carbonyl (C=O) groups excluding carboxylic acids is 2. The molecule has 3 rings (SSSR count). The number of ether oxygens (including phenoxy) is 1. The van der Waals surface area contributed by atoms with Crippen LogP contribution in [0.15, 0.2) is 28.8 Å². The summed E-state index contributed by atoms with van der Waals surface area (Å²) < 4.78 is 48.0. The monoisotopic (exact) mass is 407 g/mol. The van der Waals surface area contributed by atoms with E-state index >= 15 is 0 Å². The van der Waals surface area contributed by atoms with Crippen molar-refractivity contribution in [1.82, 2.24) is 15.1 Å². The van der Waals surface area contributed by atoms with E-state index in [1.165, 1.54) is 19.1 Å². The number of esters is 1. The van der Waals surface area contributed by atoms with Gasteiger partial charge in [0.2, 0.25) is 5.82 Å². The van der Waals surface area contributed by atoms with Gasteiger partial charge in [0.25, 0.3) is 5.89 Å². The first-order chi connectivity index (χ1) is 13.6. The molecule has 2 heterocycles. The summed E-state index contributed by atoms with van der Waals surface area (Å²) in [5, 5.41) is 3.68. The fourth-order valence-electron chi connectivity index (χ4n) is 2.92. The number of benzene rings is 1. The molecule has 0 aliphatic heterocycles. The first-order valence-corrected chi connectivity index (χ1v) is 8.45. The van der Waals surface area contributed by atoms with Crippen LogP contribution in [-0.2, 0) is 17.5 Å². The molecule has 0 unspecified atom stereocenters. The van der Waals surface area contributed by atoms with Gasteiger partial charge in [0.05, 0.1) is 5.56 Å². The Bertz CT molecular complexity index is 1070. The summed E-state index contributed by atoms with van der Waals surface area (Å²) in [7, 11) is 0. The number of aromatic nitrogens is 3. The molecule has 0 spiro atoms. The number of rotatable bonds is 5. The number of hydrogen-bond acceptors (Lipinski definition) is 6. The number of carbonyl (C=O) groups is 2. The number of H-pyrrole nitrogens is 1. The van der Waals surface area contributed by atoms with Crippen molar-refractivity contribution in [2.45, 2.75) is 33.6 Å². The third-order valence-electron chi connectivity index (χ3n) is 4.26. The van der Waals surface area contributed by atoms with Gasteiger partial charge in [0.15, 0.2) is 12.4 Å². The van der Waals surface area contributed by atoms with Crippen LogP contribution in [0.5, 0.6) is 0 Å². The lowest BCUT2D eigenvalue weighted by Gasteiger charge is -2.05. The molecule has 3 aromatic rings. The van der Waals surface area contributed by atoms with Crippen LogP contribution in [0.3, 0.4) is 0 Å². The Morgan fingerprint density at radius 2 is 1.83 bits per heavy atom. The molecule has 0 fully saturated rings. The van der Waals surface area contributed by atoms with Crippen molar-refractivity contribution in [2.24, 2.45) is 0 Å². The summed E-state index contributed by atoms with van der Waals surface area (Å²) in [6.07, 6.45) is -4.44. The quantitative estimate of drug-likeness (QED) is 0.501. The maximum Gasteiger partial charge on any atom is 0.416 e. The zero-order valence-corrected chi connectivity index (χ0v) is 15.7. The number of alkyl halides is 3. The molecule has 1 aromatic carbocycles. The van der Waals surface area contributed by atoms with Crippen molar-refractivity contribution in [3.63, 3.8) is 0 Å². The lowest BCUT2D eigenvalue weighted by Crippen LogP contribution is -2.08. The maximum absolute atomic E-state index is 12.6. The van der Waals surface area contributed by atoms with E-state index in [1.807, 2.05) is 0 Å². The Labute approximate surface area is 162 Å². The predicted molar refractivity (Wildman–Crippen MR) is 94.1 cm³/mol. The number of hydrogen-bond donors (Lipinski definition) is 1. The van der Waals surface area contributed by atoms with E-state index in [-0.39, 0.29) is 29.8 Å². The summed E-state index contributed by atoms with van der Waals surface area (Å²) in [6, 6.07) is 4.26. The summed E-state index contributed by atoms with van der Waals surface area (Å²) in [6.45, 7) is 4.37. The molecule has 29 heavy (non-hydrogen) atoms. The lowest BCUT2D eigenvalue weighted by molar-refractivity contribution is -0.137. The van der Waals surface area contributed by atoms with Crippen LogP contribution < -0.4 is 0 Å². The van der Waals surface area contributed by atoms with Crippen LogP contribution >= 0.6 is 0 Å². The van der Waals surface area contributed by atoms with Crippen molar-refractivity contribution >= 4 is 11.8 Å². The zero-order valence-electron chi connectivity index (χ0n) is 15.7. The number of nitrogens with one attached hydrogen (secondary N) is 1. The Morgan fingerprint density at radius 3 is 2.38 bits per heavy atom. The van der Waals surface area contributed by atoms with Gasteiger partial charge in [-0.05, 0) is 38.5 Å². The summed E-state index contributed by atoms with van der Waals surface area (Å²) in [4.78, 5) is 30.8. The molecule has 1 N–H and O–H groups in total. The Kier molecular flexibility index (Phi) is 5.27.